The van der Waals surface area contributed by atoms with Gasteiger partial charge in [0.2, 0.25) is 0 Å². The van der Waals surface area contributed by atoms with Crippen molar-refractivity contribution in [3.8, 4) is 0 Å². The van der Waals surface area contributed by atoms with Gasteiger partial charge in [-0.05, 0) is 31.6 Å². The summed E-state index contributed by atoms with van der Waals surface area (Å²) in [6, 6.07) is 0.766. The monoisotopic (exact) mass is 140 g/mol. The Morgan fingerprint density at radius 1 is 1.20 bits per heavy atom. The molecule has 2 rings (SSSR count). The van der Waals surface area contributed by atoms with E-state index in [1.165, 1.54) is 5.06 Å². The zero-order valence-electron chi connectivity index (χ0n) is 6.42. The number of nitrogens with zero attached hydrogens (tertiary/aromatic N) is 1. The van der Waals surface area contributed by atoms with E-state index in [0.29, 0.717) is 12.1 Å². The molecule has 2 atom stereocenters. The minimum Gasteiger partial charge on any atom is -0.149 e. The second-order valence-electron chi connectivity index (χ2n) is 3.82. The molecule has 1 radical (unpaired) electrons. The van der Waals surface area contributed by atoms with Gasteiger partial charge in [0.05, 0.1) is 0 Å². The van der Waals surface area contributed by atoms with Gasteiger partial charge in [-0.25, -0.2) is 0 Å². The molecule has 2 bridgehead atoms. The van der Waals surface area contributed by atoms with Crippen LogP contribution < -0.4 is 0 Å². The maximum atomic E-state index is 11.2. The van der Waals surface area contributed by atoms with Crippen LogP contribution in [0.5, 0.6) is 0 Å². The summed E-state index contributed by atoms with van der Waals surface area (Å²) >= 11 is 0. The van der Waals surface area contributed by atoms with Gasteiger partial charge in [0.25, 0.3) is 0 Å². The van der Waals surface area contributed by atoms with E-state index < -0.39 is 0 Å². The molecule has 0 amide bonds. The minimum atomic E-state index is 0.383. The van der Waals surface area contributed by atoms with E-state index in [9.17, 15) is 5.21 Å². The molecule has 2 aliphatic heterocycles. The lowest BCUT2D eigenvalue weighted by Crippen LogP contribution is -2.38. The first-order valence-electron chi connectivity index (χ1n) is 4.23. The minimum absolute atomic E-state index is 0.383. The third kappa shape index (κ3) is 0.867. The van der Waals surface area contributed by atoms with Gasteiger partial charge in [0.15, 0.2) is 0 Å². The molecule has 0 aromatic carbocycles. The maximum Gasteiger partial charge on any atom is 0.0389 e. The fourth-order valence-corrected chi connectivity index (χ4v) is 2.41. The Morgan fingerprint density at radius 2 is 1.70 bits per heavy atom. The number of hydrogen-bond acceptors (Lipinski definition) is 1. The van der Waals surface area contributed by atoms with Crippen LogP contribution in [0, 0.1) is 5.92 Å². The van der Waals surface area contributed by atoms with Crippen LogP contribution in [0.4, 0.5) is 0 Å². The Morgan fingerprint density at radius 3 is 2.20 bits per heavy atom. The lowest BCUT2D eigenvalue weighted by Gasteiger charge is -2.30. The molecule has 0 spiro atoms. The second-order valence-corrected chi connectivity index (χ2v) is 3.82. The number of rotatable bonds is 0. The maximum absolute atomic E-state index is 11.2. The van der Waals surface area contributed by atoms with Crippen LogP contribution in [0.25, 0.3) is 0 Å². The molecule has 2 aliphatic rings. The molecule has 2 unspecified atom stereocenters. The molecular weight excluding hydrogens is 126 g/mol. The van der Waals surface area contributed by atoms with Gasteiger partial charge in [0.1, 0.15) is 0 Å². The first-order chi connectivity index (χ1) is 4.77. The van der Waals surface area contributed by atoms with Crippen molar-refractivity contribution >= 4 is 0 Å². The molecule has 0 N–H and O–H groups in total. The zero-order valence-corrected chi connectivity index (χ0v) is 6.42. The summed E-state index contributed by atoms with van der Waals surface area (Å²) in [4.78, 5) is 0. The quantitative estimate of drug-likeness (QED) is 0.501. The van der Waals surface area contributed by atoms with Crippen molar-refractivity contribution in [1.29, 1.82) is 0 Å². The predicted molar refractivity (Wildman–Crippen MR) is 37.7 cm³/mol. The summed E-state index contributed by atoms with van der Waals surface area (Å²) in [6.45, 7) is 2.26. The van der Waals surface area contributed by atoms with Crippen LogP contribution in [0.3, 0.4) is 0 Å². The Bertz CT molecular complexity index is 123. The summed E-state index contributed by atoms with van der Waals surface area (Å²) in [5, 5.41) is 12.6. The van der Waals surface area contributed by atoms with Crippen molar-refractivity contribution in [3.05, 3.63) is 0 Å². The van der Waals surface area contributed by atoms with Crippen LogP contribution in [-0.4, -0.2) is 17.1 Å². The van der Waals surface area contributed by atoms with Crippen LogP contribution in [0.2, 0.25) is 0 Å². The molecule has 57 valence electrons. The fourth-order valence-electron chi connectivity index (χ4n) is 2.41. The third-order valence-electron chi connectivity index (χ3n) is 2.90. The highest BCUT2D eigenvalue weighted by atomic mass is 16.5. The second kappa shape index (κ2) is 2.21. The van der Waals surface area contributed by atoms with Crippen molar-refractivity contribution in [2.75, 3.05) is 0 Å². The largest absolute Gasteiger partial charge is 0.149 e. The molecular formula is C8H14NO. The van der Waals surface area contributed by atoms with E-state index in [2.05, 4.69) is 6.92 Å². The van der Waals surface area contributed by atoms with E-state index in [1.54, 1.807) is 0 Å². The fraction of sp³-hybridized carbons (Fsp3) is 1.00. The van der Waals surface area contributed by atoms with Crippen LogP contribution in [0.1, 0.15) is 32.6 Å². The highest BCUT2D eigenvalue weighted by molar-refractivity contribution is 4.89. The van der Waals surface area contributed by atoms with Crippen molar-refractivity contribution in [2.24, 2.45) is 5.92 Å². The highest BCUT2D eigenvalue weighted by Gasteiger charge is 2.39. The Kier molecular flexibility index (Phi) is 1.46. The van der Waals surface area contributed by atoms with Gasteiger partial charge in [-0.15, -0.1) is 10.3 Å². The summed E-state index contributed by atoms with van der Waals surface area (Å²) in [6.07, 6.45) is 4.58. The van der Waals surface area contributed by atoms with E-state index in [0.717, 1.165) is 31.6 Å². The van der Waals surface area contributed by atoms with Crippen molar-refractivity contribution < 1.29 is 5.21 Å². The molecule has 0 saturated carbocycles. The Hall–Kier alpha value is -0.0800. The zero-order chi connectivity index (χ0) is 7.14. The van der Waals surface area contributed by atoms with Gasteiger partial charge in [-0.3, -0.25) is 0 Å². The predicted octanol–water partition coefficient (Wildman–Crippen LogP) is 1.59. The molecule has 2 nitrogen and oxygen atoms in total. The molecule has 2 fully saturated rings. The lowest BCUT2D eigenvalue weighted by molar-refractivity contribution is -0.212. The summed E-state index contributed by atoms with van der Waals surface area (Å²) in [5.74, 6) is 0.794. The Balaban J connectivity index is 2.09. The van der Waals surface area contributed by atoms with Gasteiger partial charge in [-0.1, -0.05) is 6.92 Å². The molecule has 0 aromatic rings. The van der Waals surface area contributed by atoms with Crippen molar-refractivity contribution in [2.45, 2.75) is 44.7 Å². The SMILES string of the molecule is CC1CC2CCC(C1)N2[O]. The summed E-state index contributed by atoms with van der Waals surface area (Å²) < 4.78 is 0. The number of hydroxylamine groups is 2. The average molecular weight is 140 g/mol. The standard InChI is InChI=1S/C8H14NO/c1-6-4-7-2-3-8(5-6)9(7)10/h6-8H,2-5H2,1H3. The molecule has 10 heavy (non-hydrogen) atoms. The van der Waals surface area contributed by atoms with E-state index >= 15 is 0 Å². The van der Waals surface area contributed by atoms with Crippen LogP contribution in [-0.2, 0) is 5.21 Å². The third-order valence-corrected chi connectivity index (χ3v) is 2.90. The topological polar surface area (TPSA) is 23.1 Å². The molecule has 2 heteroatoms. The first kappa shape index (κ1) is 6.62. The van der Waals surface area contributed by atoms with Crippen LogP contribution in [0.15, 0.2) is 0 Å². The van der Waals surface area contributed by atoms with Crippen molar-refractivity contribution in [1.82, 2.24) is 5.06 Å². The van der Waals surface area contributed by atoms with Crippen molar-refractivity contribution in [3.63, 3.8) is 0 Å². The molecule has 2 heterocycles. The summed E-state index contributed by atoms with van der Waals surface area (Å²) in [7, 11) is 0. The molecule has 0 aliphatic carbocycles. The smallest absolute Gasteiger partial charge is 0.0389 e. The van der Waals surface area contributed by atoms with Crippen LogP contribution >= 0.6 is 0 Å². The van der Waals surface area contributed by atoms with Gasteiger partial charge >= 0.3 is 0 Å². The Labute approximate surface area is 61.8 Å². The normalized spacial score (nSPS) is 48.0. The number of piperidine rings is 1. The first-order valence-corrected chi connectivity index (χ1v) is 4.23. The molecule has 0 aromatic heterocycles. The van der Waals surface area contributed by atoms with Gasteiger partial charge < -0.3 is 0 Å². The van der Waals surface area contributed by atoms with E-state index in [-0.39, 0.29) is 0 Å². The molecule has 2 saturated heterocycles. The van der Waals surface area contributed by atoms with E-state index in [1.807, 2.05) is 0 Å². The van der Waals surface area contributed by atoms with E-state index in [4.69, 9.17) is 0 Å². The summed E-state index contributed by atoms with van der Waals surface area (Å²) in [5.41, 5.74) is 0. The highest BCUT2D eigenvalue weighted by Crippen LogP contribution is 2.36. The van der Waals surface area contributed by atoms with Gasteiger partial charge in [0, 0.05) is 12.1 Å². The average Bonchev–Trinajstić information content (AvgIpc) is 2.20. The van der Waals surface area contributed by atoms with Gasteiger partial charge in [-0.2, -0.15) is 0 Å². The number of hydrogen-bond donors (Lipinski definition) is 0. The number of fused-ring (bicyclic) bond motifs is 2. The lowest BCUT2D eigenvalue weighted by atomic mass is 9.94.